The van der Waals surface area contributed by atoms with Gasteiger partial charge in [-0.2, -0.15) is 0 Å². The zero-order valence-corrected chi connectivity index (χ0v) is 23.5. The number of nitrogens with one attached hydrogen (secondary N) is 2. The first kappa shape index (κ1) is 28.8. The van der Waals surface area contributed by atoms with Gasteiger partial charge in [-0.1, -0.05) is 23.2 Å². The number of primary amides is 1. The van der Waals surface area contributed by atoms with Crippen molar-refractivity contribution in [2.45, 2.75) is 64.5 Å². The predicted molar refractivity (Wildman–Crippen MR) is 153 cm³/mol. The quantitative estimate of drug-likeness (QED) is 0.325. The molecule has 0 radical (unpaired) electrons. The Hall–Kier alpha value is -3.18. The van der Waals surface area contributed by atoms with Crippen LogP contribution in [0.1, 0.15) is 57.2 Å². The van der Waals surface area contributed by atoms with E-state index in [0.29, 0.717) is 61.3 Å². The van der Waals surface area contributed by atoms with Gasteiger partial charge < -0.3 is 21.3 Å². The lowest BCUT2D eigenvalue weighted by molar-refractivity contribution is -0.130. The number of anilines is 3. The minimum atomic E-state index is -0.550. The first-order valence-electron chi connectivity index (χ1n) is 12.9. The Bertz CT molecular complexity index is 1270. The second kappa shape index (κ2) is 12.3. The molecule has 2 amide bonds. The van der Waals surface area contributed by atoms with Gasteiger partial charge in [0.15, 0.2) is 0 Å². The fraction of sp³-hybridized carbons (Fsp3) is 0.500. The number of guanidine groups is 1. The minimum Gasteiger partial charge on any atom is -0.369 e. The number of benzene rings is 1. The molecule has 1 saturated heterocycles. The normalized spacial score (nSPS) is 21.9. The van der Waals surface area contributed by atoms with Crippen LogP contribution in [0.3, 0.4) is 0 Å². The van der Waals surface area contributed by atoms with Crippen LogP contribution < -0.4 is 16.4 Å². The standard InChI is InChI=1S/C26H33Cl2FN8O2/c1-14-24(35-25(31-3)33-18-5-4-10-36(13-18)15(2)38)37(19-8-6-16(7-9-19)23(30)39)26(32-14)34-22-20(27)11-17(29)12-21(22)28/h11-12,16,18-19H,3-10,13H2,1-2H3,(H2,30,39)(H,32,34)(H,33,35)/t16?,18-,19?/m1/s1. The van der Waals surface area contributed by atoms with Crippen LogP contribution in [0.25, 0.3) is 0 Å². The number of aryl methyl sites for hydroxylation is 1. The zero-order valence-electron chi connectivity index (χ0n) is 22.0. The maximum absolute atomic E-state index is 13.8. The smallest absolute Gasteiger partial charge is 0.223 e. The van der Waals surface area contributed by atoms with Crippen molar-refractivity contribution >= 4 is 65.1 Å². The maximum Gasteiger partial charge on any atom is 0.223 e. The summed E-state index contributed by atoms with van der Waals surface area (Å²) in [4.78, 5) is 39.0. The van der Waals surface area contributed by atoms with Gasteiger partial charge in [-0.05, 0) is 64.3 Å². The van der Waals surface area contributed by atoms with E-state index in [1.807, 2.05) is 11.5 Å². The topological polar surface area (TPSA) is 130 Å². The zero-order chi connectivity index (χ0) is 28.3. The molecule has 2 heterocycles. The molecule has 1 saturated carbocycles. The van der Waals surface area contributed by atoms with Crippen molar-refractivity contribution in [1.29, 1.82) is 0 Å². The number of rotatable bonds is 6. The van der Waals surface area contributed by atoms with E-state index in [4.69, 9.17) is 38.9 Å². The average Bonchev–Trinajstić information content (AvgIpc) is 3.20. The van der Waals surface area contributed by atoms with Crippen molar-refractivity contribution in [2.75, 3.05) is 23.7 Å². The highest BCUT2D eigenvalue weighted by molar-refractivity contribution is 6.39. The monoisotopic (exact) mass is 578 g/mol. The minimum absolute atomic E-state index is 0.0188. The van der Waals surface area contributed by atoms with Crippen LogP contribution >= 0.6 is 23.2 Å². The summed E-state index contributed by atoms with van der Waals surface area (Å²) >= 11 is 12.6. The molecule has 1 aromatic carbocycles. The van der Waals surface area contributed by atoms with E-state index < -0.39 is 5.82 Å². The lowest BCUT2D eigenvalue weighted by Gasteiger charge is -2.31. The lowest BCUT2D eigenvalue weighted by Crippen LogP contribution is -2.41. The van der Waals surface area contributed by atoms with Gasteiger partial charge in [-0.25, -0.2) is 19.4 Å². The summed E-state index contributed by atoms with van der Waals surface area (Å²) in [6, 6.07) is 2.19. The highest BCUT2D eigenvalue weighted by Crippen LogP contribution is 2.40. The summed E-state index contributed by atoms with van der Waals surface area (Å²) in [5.74, 6) is 0.384. The van der Waals surface area contributed by atoms with E-state index in [1.54, 1.807) is 11.8 Å². The first-order chi connectivity index (χ1) is 18.6. The molecule has 0 unspecified atom stereocenters. The van der Waals surface area contributed by atoms with Crippen LogP contribution in [-0.2, 0) is 9.59 Å². The van der Waals surface area contributed by atoms with E-state index in [0.717, 1.165) is 19.4 Å². The summed E-state index contributed by atoms with van der Waals surface area (Å²) < 4.78 is 15.8. The van der Waals surface area contributed by atoms with E-state index >= 15 is 0 Å². The van der Waals surface area contributed by atoms with Crippen LogP contribution in [0.2, 0.25) is 10.0 Å². The molecule has 4 N–H and O–H groups in total. The Labute approximate surface area is 236 Å². The van der Waals surface area contributed by atoms with Crippen LogP contribution in [0, 0.1) is 18.7 Å². The van der Waals surface area contributed by atoms with Gasteiger partial charge in [0.25, 0.3) is 0 Å². The molecule has 1 aliphatic carbocycles. The van der Waals surface area contributed by atoms with Crippen molar-refractivity contribution in [1.82, 2.24) is 14.5 Å². The molecule has 2 aromatic rings. The van der Waals surface area contributed by atoms with Gasteiger partial charge in [0.1, 0.15) is 11.6 Å². The molecule has 0 bridgehead atoms. The van der Waals surface area contributed by atoms with E-state index in [2.05, 4.69) is 22.3 Å². The lowest BCUT2D eigenvalue weighted by atomic mass is 9.85. The molecule has 39 heavy (non-hydrogen) atoms. The van der Waals surface area contributed by atoms with Crippen LogP contribution in [0.5, 0.6) is 0 Å². The molecule has 1 aromatic heterocycles. The molecule has 210 valence electrons. The van der Waals surface area contributed by atoms with Gasteiger partial charge in [0, 0.05) is 32.0 Å². The second-order valence-corrected chi connectivity index (χ2v) is 10.8. The molecule has 10 nitrogen and oxygen atoms in total. The van der Waals surface area contributed by atoms with Gasteiger partial charge in [0.2, 0.25) is 23.7 Å². The average molecular weight is 580 g/mol. The Morgan fingerprint density at radius 1 is 1.18 bits per heavy atom. The number of carbonyl (C=O) groups excluding carboxylic acids is 2. The molecular formula is C26H33Cl2FN8O2. The van der Waals surface area contributed by atoms with Crippen molar-refractivity contribution in [2.24, 2.45) is 21.6 Å². The number of aromatic nitrogens is 2. The molecule has 1 atom stereocenters. The molecule has 0 spiro atoms. The SMILES string of the molecule is C=NC(=N[C@@H]1CCCN(C(C)=O)C1)Nc1c(C)nc(Nc2c(Cl)cc(F)cc2Cl)n1C1CCC(C(N)=O)CC1. The van der Waals surface area contributed by atoms with Crippen LogP contribution in [0.4, 0.5) is 21.8 Å². The fourth-order valence-corrected chi connectivity index (χ4v) is 5.82. The third kappa shape index (κ3) is 6.70. The summed E-state index contributed by atoms with van der Waals surface area (Å²) in [5, 5.41) is 6.70. The van der Waals surface area contributed by atoms with E-state index in [9.17, 15) is 14.0 Å². The van der Waals surface area contributed by atoms with Crippen molar-refractivity contribution in [3.8, 4) is 0 Å². The Morgan fingerprint density at radius 2 is 1.85 bits per heavy atom. The maximum atomic E-state index is 13.8. The fourth-order valence-electron chi connectivity index (χ4n) is 5.27. The highest BCUT2D eigenvalue weighted by Gasteiger charge is 2.30. The van der Waals surface area contributed by atoms with Gasteiger partial charge in [0.05, 0.1) is 27.5 Å². The number of hydrogen-bond acceptors (Lipinski definition) is 5. The summed E-state index contributed by atoms with van der Waals surface area (Å²) in [6.45, 7) is 8.32. The number of nitrogens with two attached hydrogens (primary N) is 1. The first-order valence-corrected chi connectivity index (χ1v) is 13.7. The molecule has 1 aliphatic heterocycles. The Morgan fingerprint density at radius 3 is 2.44 bits per heavy atom. The Kier molecular flexibility index (Phi) is 9.12. The number of carbonyl (C=O) groups is 2. The number of amides is 2. The molecule has 2 fully saturated rings. The third-order valence-corrected chi connectivity index (χ3v) is 7.92. The number of nitrogens with zero attached hydrogens (tertiary/aromatic N) is 5. The summed E-state index contributed by atoms with van der Waals surface area (Å²) in [7, 11) is 0. The van der Waals surface area contributed by atoms with E-state index in [-0.39, 0.29) is 39.9 Å². The number of hydrogen-bond donors (Lipinski definition) is 3. The van der Waals surface area contributed by atoms with E-state index in [1.165, 1.54) is 12.1 Å². The number of likely N-dealkylation sites (tertiary alicyclic amines) is 1. The third-order valence-electron chi connectivity index (χ3n) is 7.32. The van der Waals surface area contributed by atoms with Crippen molar-refractivity contribution in [3.05, 3.63) is 33.7 Å². The van der Waals surface area contributed by atoms with Gasteiger partial charge in [-0.3, -0.25) is 14.2 Å². The number of piperidine rings is 1. The molecular weight excluding hydrogens is 546 g/mol. The summed E-state index contributed by atoms with van der Waals surface area (Å²) in [6.07, 6.45) is 4.32. The van der Waals surface area contributed by atoms with Gasteiger partial charge >= 0.3 is 0 Å². The number of imidazole rings is 1. The second-order valence-electron chi connectivity index (χ2n) is 10.0. The highest BCUT2D eigenvalue weighted by atomic mass is 35.5. The van der Waals surface area contributed by atoms with Crippen molar-refractivity contribution in [3.63, 3.8) is 0 Å². The largest absolute Gasteiger partial charge is 0.369 e. The van der Waals surface area contributed by atoms with Crippen LogP contribution in [-0.4, -0.2) is 58.1 Å². The molecule has 13 heteroatoms. The number of halogens is 3. The predicted octanol–water partition coefficient (Wildman–Crippen LogP) is 5.08. The van der Waals surface area contributed by atoms with Crippen LogP contribution in [0.15, 0.2) is 22.1 Å². The number of aliphatic imine (C=N–C) groups is 2. The molecule has 2 aliphatic rings. The van der Waals surface area contributed by atoms with Gasteiger partial charge in [-0.15, -0.1) is 0 Å². The Balaban J connectivity index is 1.69. The molecule has 4 rings (SSSR count). The summed E-state index contributed by atoms with van der Waals surface area (Å²) in [5.41, 5.74) is 6.53. The van der Waals surface area contributed by atoms with Crippen molar-refractivity contribution < 1.29 is 14.0 Å².